The van der Waals surface area contributed by atoms with Crippen molar-refractivity contribution in [2.24, 2.45) is 5.92 Å². The first-order valence-corrected chi connectivity index (χ1v) is 8.69. The summed E-state index contributed by atoms with van der Waals surface area (Å²) in [7, 11) is 2.22. The van der Waals surface area contributed by atoms with Crippen molar-refractivity contribution in [3.8, 4) is 11.5 Å². The molecule has 2 bridgehead atoms. The van der Waals surface area contributed by atoms with E-state index in [1.807, 2.05) is 19.1 Å². The van der Waals surface area contributed by atoms with Crippen LogP contribution in [-0.4, -0.2) is 48.5 Å². The zero-order chi connectivity index (χ0) is 15.8. The van der Waals surface area contributed by atoms with E-state index in [0.717, 1.165) is 30.9 Å². The molecule has 4 aliphatic rings. The van der Waals surface area contributed by atoms with E-state index in [2.05, 4.69) is 24.1 Å². The normalized spacial score (nSPS) is 39.8. The van der Waals surface area contributed by atoms with Crippen LogP contribution in [0.2, 0.25) is 0 Å². The molecule has 1 aromatic rings. The Labute approximate surface area is 136 Å². The van der Waals surface area contributed by atoms with Gasteiger partial charge in [0.05, 0.1) is 6.61 Å². The number of nitrogens with zero attached hydrogens (tertiary/aromatic N) is 1. The van der Waals surface area contributed by atoms with Gasteiger partial charge in [0.1, 0.15) is 12.2 Å². The highest BCUT2D eigenvalue weighted by Gasteiger charge is 2.64. The monoisotopic (exact) mass is 313 g/mol. The molecule has 0 saturated carbocycles. The van der Waals surface area contributed by atoms with Crippen molar-refractivity contribution < 1.29 is 14.6 Å². The van der Waals surface area contributed by atoms with Crippen LogP contribution in [0, 0.1) is 5.92 Å². The quantitative estimate of drug-likeness (QED) is 0.847. The van der Waals surface area contributed by atoms with Gasteiger partial charge in [0.25, 0.3) is 0 Å². The van der Waals surface area contributed by atoms with Crippen molar-refractivity contribution in [2.75, 3.05) is 20.2 Å². The maximum Gasteiger partial charge on any atom is 0.165 e. The standard InChI is InChI=1S/C19H23NO3/c1-3-22-15-7-4-11-10-13-12-5-6-14(21)18-19(12,8-9-20(13)2)16(11)17(15)23-18/h4-7,12-14,18,21H,3,8-10H2,1-2H3/t12-,13-,14-,18-,19-/m0/s1. The molecule has 2 aliphatic carbocycles. The molecular formula is C19H23NO3. The Balaban J connectivity index is 1.78. The fourth-order valence-corrected chi connectivity index (χ4v) is 5.50. The van der Waals surface area contributed by atoms with Gasteiger partial charge in [-0.2, -0.15) is 0 Å². The molecule has 4 heteroatoms. The Morgan fingerprint density at radius 2 is 2.26 bits per heavy atom. The van der Waals surface area contributed by atoms with Crippen LogP contribution >= 0.6 is 0 Å². The third-order valence-electron chi connectivity index (χ3n) is 6.43. The molecule has 1 fully saturated rings. The maximum absolute atomic E-state index is 10.6. The van der Waals surface area contributed by atoms with Crippen LogP contribution < -0.4 is 9.47 Å². The molecule has 0 amide bonds. The molecule has 0 unspecified atom stereocenters. The second kappa shape index (κ2) is 4.52. The topological polar surface area (TPSA) is 41.9 Å². The predicted molar refractivity (Wildman–Crippen MR) is 87.1 cm³/mol. The van der Waals surface area contributed by atoms with Crippen molar-refractivity contribution in [1.82, 2.24) is 4.90 Å². The van der Waals surface area contributed by atoms with E-state index in [1.165, 1.54) is 11.1 Å². The van der Waals surface area contributed by atoms with Crippen LogP contribution in [-0.2, 0) is 11.8 Å². The summed E-state index contributed by atoms with van der Waals surface area (Å²) in [6, 6.07) is 4.75. The average molecular weight is 313 g/mol. The van der Waals surface area contributed by atoms with E-state index in [1.54, 1.807) is 0 Å². The van der Waals surface area contributed by atoms with Crippen molar-refractivity contribution in [1.29, 1.82) is 0 Å². The lowest BCUT2D eigenvalue weighted by molar-refractivity contribution is -0.0453. The summed E-state index contributed by atoms with van der Waals surface area (Å²) < 4.78 is 12.2. The molecule has 5 rings (SSSR count). The largest absolute Gasteiger partial charge is 0.490 e. The van der Waals surface area contributed by atoms with E-state index >= 15 is 0 Å². The minimum absolute atomic E-state index is 0.0820. The van der Waals surface area contributed by atoms with Gasteiger partial charge < -0.3 is 19.5 Å². The Morgan fingerprint density at radius 3 is 3.09 bits per heavy atom. The van der Waals surface area contributed by atoms with Crippen LogP contribution in [0.3, 0.4) is 0 Å². The van der Waals surface area contributed by atoms with Gasteiger partial charge in [0.15, 0.2) is 11.5 Å². The van der Waals surface area contributed by atoms with Crippen molar-refractivity contribution in [3.63, 3.8) is 0 Å². The Morgan fingerprint density at radius 1 is 1.39 bits per heavy atom. The van der Waals surface area contributed by atoms with Crippen molar-refractivity contribution in [2.45, 2.75) is 43.4 Å². The van der Waals surface area contributed by atoms with Crippen LogP contribution in [0.15, 0.2) is 24.3 Å². The van der Waals surface area contributed by atoms with Crippen LogP contribution in [0.1, 0.15) is 24.5 Å². The number of ether oxygens (including phenoxy) is 2. The average Bonchev–Trinajstić information content (AvgIpc) is 2.90. The van der Waals surface area contributed by atoms with Gasteiger partial charge in [-0.05, 0) is 45.0 Å². The molecule has 0 radical (unpaired) electrons. The number of likely N-dealkylation sites (tertiary alicyclic amines) is 1. The lowest BCUT2D eigenvalue weighted by Crippen LogP contribution is -2.64. The molecular weight excluding hydrogens is 290 g/mol. The lowest BCUT2D eigenvalue weighted by atomic mass is 9.53. The third kappa shape index (κ3) is 1.54. The molecule has 1 saturated heterocycles. The molecule has 4 nitrogen and oxygen atoms in total. The molecule has 2 aliphatic heterocycles. The van der Waals surface area contributed by atoms with Crippen LogP contribution in [0.4, 0.5) is 0 Å². The van der Waals surface area contributed by atoms with Crippen LogP contribution in [0.25, 0.3) is 0 Å². The zero-order valence-corrected chi connectivity index (χ0v) is 13.7. The summed E-state index contributed by atoms with van der Waals surface area (Å²) in [6.45, 7) is 3.68. The van der Waals surface area contributed by atoms with Gasteiger partial charge in [0, 0.05) is 22.9 Å². The third-order valence-corrected chi connectivity index (χ3v) is 6.43. The number of likely N-dealkylation sites (N-methyl/N-ethyl adjacent to an activating group) is 1. The molecule has 0 aromatic heterocycles. The summed E-state index contributed by atoms with van der Waals surface area (Å²) in [6.07, 6.45) is 5.56. The van der Waals surface area contributed by atoms with Gasteiger partial charge in [-0.25, -0.2) is 0 Å². The van der Waals surface area contributed by atoms with E-state index < -0.39 is 6.10 Å². The van der Waals surface area contributed by atoms with E-state index in [0.29, 0.717) is 18.6 Å². The van der Waals surface area contributed by atoms with Gasteiger partial charge >= 0.3 is 0 Å². The smallest absolute Gasteiger partial charge is 0.165 e. The first kappa shape index (κ1) is 13.9. The van der Waals surface area contributed by atoms with Crippen molar-refractivity contribution in [3.05, 3.63) is 35.4 Å². The second-order valence-corrected chi connectivity index (χ2v) is 7.34. The molecule has 122 valence electrons. The first-order valence-electron chi connectivity index (χ1n) is 8.69. The molecule has 1 spiro atoms. The fourth-order valence-electron chi connectivity index (χ4n) is 5.50. The lowest BCUT2D eigenvalue weighted by Gasteiger charge is -2.56. The summed E-state index contributed by atoms with van der Waals surface area (Å²) in [5.41, 5.74) is 2.62. The Hall–Kier alpha value is -1.52. The highest BCUT2D eigenvalue weighted by atomic mass is 16.5. The number of benzene rings is 1. The molecule has 2 heterocycles. The molecule has 1 aromatic carbocycles. The number of aliphatic hydroxyl groups is 1. The van der Waals surface area contributed by atoms with Gasteiger partial charge in [-0.15, -0.1) is 0 Å². The molecule has 1 N–H and O–H groups in total. The first-order chi connectivity index (χ1) is 11.2. The highest BCUT2D eigenvalue weighted by Crippen LogP contribution is 2.62. The van der Waals surface area contributed by atoms with Gasteiger partial charge in [0.2, 0.25) is 0 Å². The number of hydrogen-bond donors (Lipinski definition) is 1. The zero-order valence-electron chi connectivity index (χ0n) is 13.7. The van der Waals surface area contributed by atoms with Crippen LogP contribution in [0.5, 0.6) is 11.5 Å². The Kier molecular flexibility index (Phi) is 2.73. The second-order valence-electron chi connectivity index (χ2n) is 7.34. The minimum atomic E-state index is -0.539. The summed E-state index contributed by atoms with van der Waals surface area (Å²) in [5, 5.41) is 10.6. The van der Waals surface area contributed by atoms with Gasteiger partial charge in [-0.3, -0.25) is 0 Å². The van der Waals surface area contributed by atoms with E-state index in [9.17, 15) is 5.11 Å². The molecule has 23 heavy (non-hydrogen) atoms. The number of hydrogen-bond acceptors (Lipinski definition) is 4. The van der Waals surface area contributed by atoms with Gasteiger partial charge in [-0.1, -0.05) is 18.2 Å². The summed E-state index contributed by atoms with van der Waals surface area (Å²) in [4.78, 5) is 2.48. The SMILES string of the molecule is CCOc1ccc2c3c1O[C@H]1[C@@H](O)C=C[C@H]4[C@H](C2)N(C)CC[C@@]341. The summed E-state index contributed by atoms with van der Waals surface area (Å²) in [5.74, 6) is 2.14. The van der Waals surface area contributed by atoms with E-state index in [-0.39, 0.29) is 11.5 Å². The minimum Gasteiger partial charge on any atom is -0.490 e. The molecule has 5 atom stereocenters. The predicted octanol–water partition coefficient (Wildman–Crippen LogP) is 1.89. The highest BCUT2D eigenvalue weighted by molar-refractivity contribution is 5.62. The maximum atomic E-state index is 10.6. The summed E-state index contributed by atoms with van der Waals surface area (Å²) >= 11 is 0. The number of piperidine rings is 1. The number of rotatable bonds is 2. The number of aliphatic hydroxyl groups excluding tert-OH is 1. The van der Waals surface area contributed by atoms with E-state index in [4.69, 9.17) is 9.47 Å². The Bertz CT molecular complexity index is 700. The van der Waals surface area contributed by atoms with Crippen molar-refractivity contribution >= 4 is 0 Å². The fraction of sp³-hybridized carbons (Fsp3) is 0.579.